The second kappa shape index (κ2) is 10.7. The molecule has 1 amide bonds. The second-order valence-electron chi connectivity index (χ2n) is 14.9. The normalized spacial score (nSPS) is 36.5. The number of phenolic OH excluding ortho intramolecular Hbond substituents is 1. The molecule has 0 aliphatic heterocycles. The lowest BCUT2D eigenvalue weighted by Gasteiger charge is -2.60. The zero-order valence-electron chi connectivity index (χ0n) is 26.2. The van der Waals surface area contributed by atoms with Crippen molar-refractivity contribution < 1.29 is 47.4 Å². The molecule has 5 fully saturated rings. The number of carbonyl (C=O) groups excluding carboxylic acids is 5. The number of hydrogen-bond acceptors (Lipinski definition) is 9. The molecule has 6 aliphatic rings. The molecule has 5 N–H and O–H groups in total. The Kier molecular flexibility index (Phi) is 7.61. The molecule has 46 heavy (non-hydrogen) atoms. The quantitative estimate of drug-likeness (QED) is 0.338. The maximum Gasteiger partial charge on any atom is 0.417 e. The number of amides is 1. The first-order chi connectivity index (χ1) is 21.3. The summed E-state index contributed by atoms with van der Waals surface area (Å²) in [5, 5.41) is 25.8. The Labute approximate surface area is 264 Å². The molecule has 9 atom stereocenters. The van der Waals surface area contributed by atoms with Crippen molar-refractivity contribution in [1.82, 2.24) is 10.2 Å². The van der Waals surface area contributed by atoms with Crippen LogP contribution < -0.4 is 11.1 Å². The van der Waals surface area contributed by atoms with Gasteiger partial charge >= 0.3 is 6.18 Å². The number of likely N-dealkylation sites (N-methyl/N-ethyl adjacent to an activating group) is 1. The van der Waals surface area contributed by atoms with E-state index in [4.69, 9.17) is 5.73 Å². The van der Waals surface area contributed by atoms with Crippen LogP contribution in [0.5, 0.6) is 5.75 Å². The van der Waals surface area contributed by atoms with E-state index in [9.17, 15) is 47.4 Å². The maximum atomic E-state index is 14.8. The van der Waals surface area contributed by atoms with Crippen LogP contribution >= 0.6 is 0 Å². The second-order valence-corrected chi connectivity index (χ2v) is 14.9. The molecule has 10 nitrogen and oxygen atoms in total. The molecule has 6 aliphatic carbocycles. The van der Waals surface area contributed by atoms with Crippen molar-refractivity contribution in [3.05, 3.63) is 28.3 Å². The first-order valence-corrected chi connectivity index (χ1v) is 15.8. The number of ketones is 4. The molecule has 13 heteroatoms. The monoisotopic (exact) mass is 647 g/mol. The summed E-state index contributed by atoms with van der Waals surface area (Å²) in [6, 6.07) is -0.444. The fourth-order valence-corrected chi connectivity index (χ4v) is 9.84. The number of primary amides is 1. The van der Waals surface area contributed by atoms with Crippen molar-refractivity contribution in [1.29, 1.82) is 0 Å². The van der Waals surface area contributed by atoms with Crippen molar-refractivity contribution in [2.24, 2.45) is 52.6 Å². The Balaban J connectivity index is 1.36. The van der Waals surface area contributed by atoms with Crippen LogP contribution in [0.25, 0.3) is 0 Å². The standard InChI is InChI=1S/C33H40F3N3O7/c1-31(2)16-6-5-13(18(31)10-16)11-38-12-15-9-20(40)22-17(24(15)33(34,35)36)7-14-8-19-25(39(3)4)27(42)23(30(37)45)29(44)32(19,46)28(43)21(14)26(22)41/h9,13-14,16,18-19,21,23,25,38,40,46H,5-8,10-12H2,1-4H3,(H2,37,45)/t13-,14+,16?,18?,19+,21?,23?,25+,32+/m1/s1. The molecule has 1 aromatic rings. The first-order valence-electron chi connectivity index (χ1n) is 15.8. The predicted molar refractivity (Wildman–Crippen MR) is 156 cm³/mol. The minimum atomic E-state index is -4.91. The number of aliphatic hydroxyl groups is 1. The minimum absolute atomic E-state index is 0.201. The molecule has 250 valence electrons. The number of halogens is 3. The third kappa shape index (κ3) is 4.51. The van der Waals surface area contributed by atoms with Gasteiger partial charge in [0.2, 0.25) is 5.91 Å². The van der Waals surface area contributed by atoms with Gasteiger partial charge < -0.3 is 21.3 Å². The number of fused-ring (bicyclic) bond motifs is 5. The van der Waals surface area contributed by atoms with Gasteiger partial charge in [0.05, 0.1) is 23.1 Å². The molecule has 0 aromatic heterocycles. The average Bonchev–Trinajstić information content (AvgIpc) is 2.93. The van der Waals surface area contributed by atoms with Crippen molar-refractivity contribution in [3.63, 3.8) is 0 Å². The summed E-state index contributed by atoms with van der Waals surface area (Å²) in [4.78, 5) is 67.9. The van der Waals surface area contributed by atoms with Gasteiger partial charge in [0, 0.05) is 12.5 Å². The van der Waals surface area contributed by atoms with Crippen LogP contribution in [0.2, 0.25) is 0 Å². The fraction of sp³-hybridized carbons (Fsp3) is 0.667. The Bertz CT molecular complexity index is 1550. The van der Waals surface area contributed by atoms with Crippen molar-refractivity contribution in [3.8, 4) is 5.75 Å². The van der Waals surface area contributed by atoms with Gasteiger partial charge in [0.25, 0.3) is 0 Å². The highest BCUT2D eigenvalue weighted by Gasteiger charge is 2.69. The van der Waals surface area contributed by atoms with Crippen LogP contribution in [0.3, 0.4) is 0 Å². The van der Waals surface area contributed by atoms with Gasteiger partial charge in [0.1, 0.15) is 5.75 Å². The molecule has 1 aromatic carbocycles. The number of alkyl halides is 3. The summed E-state index contributed by atoms with van der Waals surface area (Å²) < 4.78 is 44.4. The lowest BCUT2D eigenvalue weighted by molar-refractivity contribution is -0.181. The van der Waals surface area contributed by atoms with E-state index in [1.165, 1.54) is 19.0 Å². The van der Waals surface area contributed by atoms with Crippen LogP contribution in [0, 0.1) is 46.8 Å². The predicted octanol–water partition coefficient (Wildman–Crippen LogP) is 2.05. The molecule has 4 unspecified atom stereocenters. The Morgan fingerprint density at radius 3 is 2.33 bits per heavy atom. The highest BCUT2D eigenvalue weighted by molar-refractivity contribution is 6.32. The van der Waals surface area contributed by atoms with Gasteiger partial charge in [-0.2, -0.15) is 13.2 Å². The van der Waals surface area contributed by atoms with Gasteiger partial charge in [-0.15, -0.1) is 0 Å². The molecular weight excluding hydrogens is 607 g/mol. The number of nitrogens with zero attached hydrogens (tertiary/aromatic N) is 1. The van der Waals surface area contributed by atoms with Crippen LogP contribution in [0.1, 0.15) is 66.6 Å². The van der Waals surface area contributed by atoms with Gasteiger partial charge in [-0.25, -0.2) is 0 Å². The van der Waals surface area contributed by atoms with E-state index >= 15 is 0 Å². The Morgan fingerprint density at radius 1 is 1.09 bits per heavy atom. The third-order valence-electron chi connectivity index (χ3n) is 12.2. The number of phenols is 1. The first kappa shape index (κ1) is 32.8. The van der Waals surface area contributed by atoms with Crippen LogP contribution in [0.15, 0.2) is 6.07 Å². The lowest BCUT2D eigenvalue weighted by atomic mass is 9.45. The van der Waals surface area contributed by atoms with Crippen LogP contribution in [-0.4, -0.2) is 76.4 Å². The summed E-state index contributed by atoms with van der Waals surface area (Å²) in [5.74, 6) is -11.8. The van der Waals surface area contributed by atoms with Gasteiger partial charge in [-0.3, -0.25) is 28.9 Å². The summed E-state index contributed by atoms with van der Waals surface area (Å²) in [6.45, 7) is 4.78. The van der Waals surface area contributed by atoms with E-state index < -0.39 is 99.4 Å². The van der Waals surface area contributed by atoms with E-state index in [0.717, 1.165) is 25.3 Å². The Morgan fingerprint density at radius 2 is 1.76 bits per heavy atom. The van der Waals surface area contributed by atoms with Gasteiger partial charge in [-0.05, 0) is 99.0 Å². The molecular formula is C33H40F3N3O7. The average molecular weight is 648 g/mol. The summed E-state index contributed by atoms with van der Waals surface area (Å²) >= 11 is 0. The fourth-order valence-electron chi connectivity index (χ4n) is 9.84. The van der Waals surface area contributed by atoms with E-state index in [1.807, 2.05) is 0 Å². The van der Waals surface area contributed by atoms with Gasteiger partial charge in [0.15, 0.2) is 34.7 Å². The summed E-state index contributed by atoms with van der Waals surface area (Å²) in [6.07, 6.45) is -2.51. The van der Waals surface area contributed by atoms with Crippen LogP contribution in [-0.2, 0) is 38.3 Å². The molecule has 7 rings (SSSR count). The smallest absolute Gasteiger partial charge is 0.417 e. The van der Waals surface area contributed by atoms with E-state index in [1.54, 1.807) is 0 Å². The molecule has 0 heterocycles. The zero-order chi connectivity index (χ0) is 33.8. The number of Topliss-reactive ketones (excluding diaryl/α,β-unsaturated/α-hetero) is 4. The molecule has 0 saturated heterocycles. The minimum Gasteiger partial charge on any atom is -0.507 e. The van der Waals surface area contributed by atoms with Gasteiger partial charge in [-0.1, -0.05) is 13.8 Å². The maximum absolute atomic E-state index is 14.8. The number of aromatic hydroxyl groups is 1. The van der Waals surface area contributed by atoms with E-state index in [-0.39, 0.29) is 23.9 Å². The summed E-state index contributed by atoms with van der Waals surface area (Å²) in [5.41, 5.74) is 0.165. The number of hydrogen-bond donors (Lipinski definition) is 4. The Hall–Kier alpha value is -3.16. The molecule has 0 radical (unpaired) electrons. The third-order valence-corrected chi connectivity index (χ3v) is 12.2. The molecule has 0 spiro atoms. The van der Waals surface area contributed by atoms with Crippen LogP contribution in [0.4, 0.5) is 13.2 Å². The largest absolute Gasteiger partial charge is 0.507 e. The van der Waals surface area contributed by atoms with Crippen molar-refractivity contribution in [2.45, 2.75) is 70.3 Å². The molecule has 2 bridgehead atoms. The van der Waals surface area contributed by atoms with E-state index in [2.05, 4.69) is 19.2 Å². The molecule has 5 saturated carbocycles. The van der Waals surface area contributed by atoms with E-state index in [0.29, 0.717) is 24.3 Å². The number of benzene rings is 1. The number of carbonyl (C=O) groups is 5. The lowest BCUT2D eigenvalue weighted by Crippen LogP contribution is -2.74. The number of rotatable bonds is 6. The highest BCUT2D eigenvalue weighted by atomic mass is 19.4. The number of nitrogens with one attached hydrogen (secondary N) is 1. The topological polar surface area (TPSA) is 167 Å². The SMILES string of the molecule is CN(C)[C@@H]1C(=O)C(C(N)=O)C(=O)[C@@]2(O)C(=O)C3C(=O)c4c(O)cc(CNC[C@H]5CCC6CC5C6(C)C)c(C(F)(F)F)c4C[C@H]3C[C@@H]12. The zero-order valence-corrected chi connectivity index (χ0v) is 26.2. The number of nitrogens with two attached hydrogens (primary N) is 1. The van der Waals surface area contributed by atoms with Crippen molar-refractivity contribution in [2.75, 3.05) is 20.6 Å². The summed E-state index contributed by atoms with van der Waals surface area (Å²) in [7, 11) is 2.87. The highest BCUT2D eigenvalue weighted by Crippen LogP contribution is 2.61. The van der Waals surface area contributed by atoms with Crippen molar-refractivity contribution >= 4 is 29.0 Å².